The number of fused-ring (bicyclic) bond motifs is 1. The Bertz CT molecular complexity index is 460. The van der Waals surface area contributed by atoms with E-state index in [2.05, 4.69) is 37.4 Å². The maximum atomic E-state index is 5.34. The van der Waals surface area contributed by atoms with E-state index in [9.17, 15) is 0 Å². The Morgan fingerprint density at radius 3 is 2.60 bits per heavy atom. The van der Waals surface area contributed by atoms with Gasteiger partial charge in [-0.3, -0.25) is 0 Å². The Balaban J connectivity index is 1.80. The van der Waals surface area contributed by atoms with Gasteiger partial charge >= 0.3 is 0 Å². The van der Waals surface area contributed by atoms with Gasteiger partial charge in [-0.15, -0.1) is 0 Å². The molecule has 1 aromatic rings. The zero-order valence-corrected chi connectivity index (χ0v) is 13.0. The van der Waals surface area contributed by atoms with Crippen LogP contribution in [0.4, 0.5) is 0 Å². The van der Waals surface area contributed by atoms with Crippen molar-refractivity contribution in [3.63, 3.8) is 0 Å². The molecule has 3 unspecified atom stereocenters. The maximum Gasteiger partial charge on any atom is 0.119 e. The molecule has 110 valence electrons. The molecule has 3 rings (SSSR count). The molecule has 1 aromatic carbocycles. The fourth-order valence-electron chi connectivity index (χ4n) is 3.99. The van der Waals surface area contributed by atoms with E-state index in [1.807, 2.05) is 0 Å². The Hall–Kier alpha value is -1.02. The Labute approximate surface area is 122 Å². The summed E-state index contributed by atoms with van der Waals surface area (Å²) in [6.07, 6.45) is 5.55. The van der Waals surface area contributed by atoms with Crippen molar-refractivity contribution in [2.45, 2.75) is 45.6 Å². The van der Waals surface area contributed by atoms with Crippen LogP contribution in [0.25, 0.3) is 0 Å². The molecular formula is C18H27NO. The molecule has 0 aromatic heterocycles. The van der Waals surface area contributed by atoms with Crippen LogP contribution in [0.3, 0.4) is 0 Å². The molecule has 0 amide bonds. The van der Waals surface area contributed by atoms with Gasteiger partial charge in [-0.25, -0.2) is 0 Å². The van der Waals surface area contributed by atoms with Crippen molar-refractivity contribution in [1.82, 2.24) is 5.32 Å². The van der Waals surface area contributed by atoms with E-state index >= 15 is 0 Å². The molecule has 2 heteroatoms. The van der Waals surface area contributed by atoms with Crippen LogP contribution >= 0.6 is 0 Å². The van der Waals surface area contributed by atoms with E-state index < -0.39 is 0 Å². The van der Waals surface area contributed by atoms with Crippen LogP contribution in [-0.4, -0.2) is 13.7 Å². The molecule has 2 aliphatic rings. The summed E-state index contributed by atoms with van der Waals surface area (Å²) in [4.78, 5) is 0. The molecule has 0 radical (unpaired) electrons. The van der Waals surface area contributed by atoms with Gasteiger partial charge in [0.15, 0.2) is 0 Å². The molecule has 20 heavy (non-hydrogen) atoms. The standard InChI is InChI=1S/C18H27NO/c1-4-7-19-18(15-10-13-9-14(13)11-15)17-6-5-16(20-3)8-12(17)2/h5-6,8,13-15,18-19H,4,7,9-11H2,1-3H3. The minimum absolute atomic E-state index is 0.536. The number of rotatable bonds is 6. The topological polar surface area (TPSA) is 21.3 Å². The van der Waals surface area contributed by atoms with Crippen LogP contribution in [0.2, 0.25) is 0 Å². The van der Waals surface area contributed by atoms with Crippen molar-refractivity contribution in [3.8, 4) is 5.75 Å². The first-order chi connectivity index (χ1) is 9.72. The first-order valence-corrected chi connectivity index (χ1v) is 8.10. The Morgan fingerprint density at radius 1 is 1.25 bits per heavy atom. The molecule has 0 bridgehead atoms. The highest BCUT2D eigenvalue weighted by Gasteiger charge is 2.48. The highest BCUT2D eigenvalue weighted by atomic mass is 16.5. The third-order valence-electron chi connectivity index (χ3n) is 5.18. The van der Waals surface area contributed by atoms with Crippen LogP contribution in [0, 0.1) is 24.7 Å². The lowest BCUT2D eigenvalue weighted by molar-refractivity contribution is 0.340. The molecule has 0 aliphatic heterocycles. The van der Waals surface area contributed by atoms with E-state index in [-0.39, 0.29) is 0 Å². The third-order valence-corrected chi connectivity index (χ3v) is 5.18. The smallest absolute Gasteiger partial charge is 0.119 e. The maximum absolute atomic E-state index is 5.34. The van der Waals surface area contributed by atoms with Crippen molar-refractivity contribution < 1.29 is 4.74 Å². The normalized spacial score (nSPS) is 29.1. The number of methoxy groups -OCH3 is 1. The SMILES string of the molecule is CCCNC(c1ccc(OC)cc1C)C1CC2CC2C1. The second-order valence-electron chi connectivity index (χ2n) is 6.64. The molecule has 2 fully saturated rings. The zero-order valence-electron chi connectivity index (χ0n) is 13.0. The van der Waals surface area contributed by atoms with Crippen molar-refractivity contribution in [3.05, 3.63) is 29.3 Å². The lowest BCUT2D eigenvalue weighted by Gasteiger charge is -2.28. The van der Waals surface area contributed by atoms with E-state index in [0.29, 0.717) is 6.04 Å². The zero-order chi connectivity index (χ0) is 14.1. The number of nitrogens with one attached hydrogen (secondary N) is 1. The molecule has 2 saturated carbocycles. The first kappa shape index (κ1) is 13.9. The molecule has 1 N–H and O–H groups in total. The van der Waals surface area contributed by atoms with Gasteiger partial charge in [0.2, 0.25) is 0 Å². The molecule has 0 heterocycles. The Morgan fingerprint density at radius 2 is 2.00 bits per heavy atom. The summed E-state index contributed by atoms with van der Waals surface area (Å²) < 4.78 is 5.34. The quantitative estimate of drug-likeness (QED) is 0.843. The monoisotopic (exact) mass is 273 g/mol. The van der Waals surface area contributed by atoms with Crippen molar-refractivity contribution in [1.29, 1.82) is 0 Å². The summed E-state index contributed by atoms with van der Waals surface area (Å²) in [5.74, 6) is 3.89. The Kier molecular flexibility index (Phi) is 4.02. The molecule has 0 spiro atoms. The van der Waals surface area contributed by atoms with Crippen LogP contribution in [0.1, 0.15) is 49.8 Å². The summed E-state index contributed by atoms with van der Waals surface area (Å²) in [7, 11) is 1.74. The van der Waals surface area contributed by atoms with Gasteiger partial charge in [0, 0.05) is 6.04 Å². The second-order valence-corrected chi connectivity index (χ2v) is 6.64. The second kappa shape index (κ2) is 5.77. The van der Waals surface area contributed by atoms with Crippen molar-refractivity contribution >= 4 is 0 Å². The van der Waals surface area contributed by atoms with Crippen LogP contribution in [0.5, 0.6) is 5.75 Å². The fourth-order valence-corrected chi connectivity index (χ4v) is 3.99. The third kappa shape index (κ3) is 2.71. The molecule has 3 atom stereocenters. The fraction of sp³-hybridized carbons (Fsp3) is 0.667. The summed E-state index contributed by atoms with van der Waals surface area (Å²) in [5.41, 5.74) is 2.84. The van der Waals surface area contributed by atoms with Gasteiger partial charge in [0.05, 0.1) is 7.11 Å². The van der Waals surface area contributed by atoms with E-state index in [4.69, 9.17) is 4.74 Å². The first-order valence-electron chi connectivity index (χ1n) is 8.10. The molecule has 2 aliphatic carbocycles. The minimum atomic E-state index is 0.536. The van der Waals surface area contributed by atoms with E-state index in [0.717, 1.165) is 30.0 Å². The predicted molar refractivity (Wildman–Crippen MR) is 83.1 cm³/mol. The highest BCUT2D eigenvalue weighted by molar-refractivity contribution is 5.37. The van der Waals surface area contributed by atoms with Crippen molar-refractivity contribution in [2.24, 2.45) is 17.8 Å². The number of hydrogen-bond acceptors (Lipinski definition) is 2. The minimum Gasteiger partial charge on any atom is -0.497 e. The van der Waals surface area contributed by atoms with Crippen LogP contribution < -0.4 is 10.1 Å². The van der Waals surface area contributed by atoms with Crippen LogP contribution in [0.15, 0.2) is 18.2 Å². The van der Waals surface area contributed by atoms with Crippen molar-refractivity contribution in [2.75, 3.05) is 13.7 Å². The molecule has 2 nitrogen and oxygen atoms in total. The largest absolute Gasteiger partial charge is 0.497 e. The lowest BCUT2D eigenvalue weighted by atomic mass is 9.87. The molecule has 0 saturated heterocycles. The van der Waals surface area contributed by atoms with Gasteiger partial charge in [-0.1, -0.05) is 13.0 Å². The highest BCUT2D eigenvalue weighted by Crippen LogP contribution is 2.57. The predicted octanol–water partition coefficient (Wildman–Crippen LogP) is 4.09. The number of ether oxygens (including phenoxy) is 1. The lowest BCUT2D eigenvalue weighted by Crippen LogP contribution is -2.29. The van der Waals surface area contributed by atoms with Gasteiger partial charge in [-0.05, 0) is 80.2 Å². The van der Waals surface area contributed by atoms with E-state index in [1.165, 1.54) is 36.8 Å². The number of aryl methyl sites for hydroxylation is 1. The summed E-state index contributed by atoms with van der Waals surface area (Å²) in [5, 5.41) is 3.81. The van der Waals surface area contributed by atoms with Gasteiger partial charge in [-0.2, -0.15) is 0 Å². The van der Waals surface area contributed by atoms with Gasteiger partial charge in [0.1, 0.15) is 5.75 Å². The number of benzene rings is 1. The van der Waals surface area contributed by atoms with E-state index in [1.54, 1.807) is 7.11 Å². The van der Waals surface area contributed by atoms with Crippen LogP contribution in [-0.2, 0) is 0 Å². The molecular weight excluding hydrogens is 246 g/mol. The summed E-state index contributed by atoms with van der Waals surface area (Å²) >= 11 is 0. The number of hydrogen-bond donors (Lipinski definition) is 1. The van der Waals surface area contributed by atoms with Gasteiger partial charge < -0.3 is 10.1 Å². The average molecular weight is 273 g/mol. The summed E-state index contributed by atoms with van der Waals surface area (Å²) in [6.45, 7) is 5.58. The summed E-state index contributed by atoms with van der Waals surface area (Å²) in [6, 6.07) is 7.09. The average Bonchev–Trinajstić information content (AvgIpc) is 3.07. The van der Waals surface area contributed by atoms with Gasteiger partial charge in [0.25, 0.3) is 0 Å².